The zero-order valence-corrected chi connectivity index (χ0v) is 14.4. The summed E-state index contributed by atoms with van der Waals surface area (Å²) in [5.74, 6) is -0.192. The van der Waals surface area contributed by atoms with Crippen molar-refractivity contribution in [2.24, 2.45) is 0 Å². The normalized spacial score (nSPS) is 12.7. The van der Waals surface area contributed by atoms with E-state index in [9.17, 15) is 4.39 Å². The van der Waals surface area contributed by atoms with Crippen molar-refractivity contribution in [1.29, 1.82) is 0 Å². The molecule has 1 nitrogen and oxygen atoms in total. The lowest BCUT2D eigenvalue weighted by atomic mass is 10.0. The number of likely N-dealkylation sites (N-methyl/N-ethyl adjacent to an activating group) is 1. The lowest BCUT2D eigenvalue weighted by Crippen LogP contribution is -2.22. The molecule has 0 saturated heterocycles. The van der Waals surface area contributed by atoms with Crippen LogP contribution in [0, 0.1) is 19.7 Å². The van der Waals surface area contributed by atoms with Crippen LogP contribution >= 0.6 is 27.3 Å². The first-order chi connectivity index (χ1) is 9.49. The summed E-state index contributed by atoms with van der Waals surface area (Å²) in [5, 5.41) is 3.50. The molecule has 1 atom stereocenters. The maximum Gasteiger partial charge on any atom is 0.124 e. The van der Waals surface area contributed by atoms with Gasteiger partial charge in [-0.1, -0.05) is 22.9 Å². The molecule has 2 aromatic rings. The van der Waals surface area contributed by atoms with Crippen LogP contribution in [-0.2, 0) is 6.42 Å². The van der Waals surface area contributed by atoms with Crippen molar-refractivity contribution < 1.29 is 4.39 Å². The highest BCUT2D eigenvalue weighted by molar-refractivity contribution is 9.10. The van der Waals surface area contributed by atoms with Gasteiger partial charge in [0.2, 0.25) is 0 Å². The van der Waals surface area contributed by atoms with Gasteiger partial charge >= 0.3 is 0 Å². The minimum atomic E-state index is -0.192. The first-order valence-electron chi connectivity index (χ1n) is 6.75. The molecule has 2 rings (SSSR count). The average Bonchev–Trinajstić information content (AvgIpc) is 2.68. The number of nitrogens with one attached hydrogen (secondary N) is 1. The van der Waals surface area contributed by atoms with Gasteiger partial charge < -0.3 is 5.32 Å². The molecule has 1 heterocycles. The van der Waals surface area contributed by atoms with Gasteiger partial charge in [0.05, 0.1) is 0 Å². The molecule has 0 saturated carbocycles. The highest BCUT2D eigenvalue weighted by Gasteiger charge is 2.15. The second-order valence-electron chi connectivity index (χ2n) is 4.98. The fraction of sp³-hybridized carbons (Fsp3) is 0.375. The largest absolute Gasteiger partial charge is 0.309 e. The van der Waals surface area contributed by atoms with E-state index in [0.29, 0.717) is 0 Å². The van der Waals surface area contributed by atoms with E-state index in [-0.39, 0.29) is 11.9 Å². The summed E-state index contributed by atoms with van der Waals surface area (Å²) in [6.45, 7) is 7.28. The minimum Gasteiger partial charge on any atom is -0.309 e. The molecule has 1 aromatic carbocycles. The van der Waals surface area contributed by atoms with E-state index in [1.807, 2.05) is 17.4 Å². The zero-order chi connectivity index (χ0) is 14.7. The molecule has 1 aromatic heterocycles. The van der Waals surface area contributed by atoms with Crippen molar-refractivity contribution in [2.45, 2.75) is 33.2 Å². The Hall–Kier alpha value is -0.710. The van der Waals surface area contributed by atoms with Gasteiger partial charge in [0.15, 0.2) is 0 Å². The van der Waals surface area contributed by atoms with Crippen LogP contribution in [0.15, 0.2) is 28.7 Å². The van der Waals surface area contributed by atoms with E-state index in [1.54, 1.807) is 6.07 Å². The molecule has 0 radical (unpaired) electrons. The van der Waals surface area contributed by atoms with Crippen molar-refractivity contribution in [1.82, 2.24) is 5.32 Å². The van der Waals surface area contributed by atoms with Gasteiger partial charge in [-0.25, -0.2) is 4.39 Å². The standard InChI is InChI=1S/C16H19BrFNS/c1-4-19-15(16-5-10(2)11(3)20-16)8-12-6-13(17)9-14(18)7-12/h5-7,9,15,19H,4,8H2,1-3H3. The summed E-state index contributed by atoms with van der Waals surface area (Å²) in [6, 6.07) is 7.57. The third kappa shape index (κ3) is 3.90. The van der Waals surface area contributed by atoms with Crippen molar-refractivity contribution >= 4 is 27.3 Å². The molecular weight excluding hydrogens is 337 g/mol. The monoisotopic (exact) mass is 355 g/mol. The molecule has 0 spiro atoms. The third-order valence-corrected chi connectivity index (χ3v) is 5.07. The number of hydrogen-bond donors (Lipinski definition) is 1. The van der Waals surface area contributed by atoms with Gasteiger partial charge in [0, 0.05) is 20.3 Å². The highest BCUT2D eigenvalue weighted by atomic mass is 79.9. The van der Waals surface area contributed by atoms with E-state index in [4.69, 9.17) is 0 Å². The molecule has 0 amide bonds. The molecule has 20 heavy (non-hydrogen) atoms. The van der Waals surface area contributed by atoms with Crippen molar-refractivity contribution in [2.75, 3.05) is 6.54 Å². The van der Waals surface area contributed by atoms with Crippen LogP contribution in [0.4, 0.5) is 4.39 Å². The SMILES string of the molecule is CCNC(Cc1cc(F)cc(Br)c1)c1cc(C)c(C)s1. The van der Waals surface area contributed by atoms with E-state index in [1.165, 1.54) is 21.4 Å². The summed E-state index contributed by atoms with van der Waals surface area (Å²) in [6.07, 6.45) is 0.795. The molecule has 0 aliphatic carbocycles. The molecule has 108 valence electrons. The Morgan fingerprint density at radius 1 is 1.25 bits per heavy atom. The van der Waals surface area contributed by atoms with Gasteiger partial charge in [-0.05, 0) is 62.2 Å². The van der Waals surface area contributed by atoms with E-state index >= 15 is 0 Å². The molecular formula is C16H19BrFNS. The van der Waals surface area contributed by atoms with Crippen LogP contribution in [0.3, 0.4) is 0 Å². The lowest BCUT2D eigenvalue weighted by molar-refractivity contribution is 0.554. The Balaban J connectivity index is 2.24. The number of benzene rings is 1. The molecule has 1 unspecified atom stereocenters. The van der Waals surface area contributed by atoms with Gasteiger partial charge in [-0.2, -0.15) is 0 Å². The quantitative estimate of drug-likeness (QED) is 0.780. The smallest absolute Gasteiger partial charge is 0.124 e. The first-order valence-corrected chi connectivity index (χ1v) is 8.35. The summed E-state index contributed by atoms with van der Waals surface area (Å²) >= 11 is 5.18. The van der Waals surface area contributed by atoms with E-state index in [0.717, 1.165) is 23.0 Å². The molecule has 0 aliphatic heterocycles. The van der Waals surface area contributed by atoms with Crippen molar-refractivity contribution in [3.63, 3.8) is 0 Å². The highest BCUT2D eigenvalue weighted by Crippen LogP contribution is 2.29. The van der Waals surface area contributed by atoms with Crippen LogP contribution in [0.5, 0.6) is 0 Å². The van der Waals surface area contributed by atoms with Crippen LogP contribution in [-0.4, -0.2) is 6.54 Å². The van der Waals surface area contributed by atoms with Crippen molar-refractivity contribution in [3.8, 4) is 0 Å². The number of halogens is 2. The number of aryl methyl sites for hydroxylation is 2. The second kappa shape index (κ2) is 6.83. The third-order valence-electron chi connectivity index (χ3n) is 3.34. The predicted molar refractivity (Wildman–Crippen MR) is 88.0 cm³/mol. The molecule has 4 heteroatoms. The van der Waals surface area contributed by atoms with Gasteiger partial charge in [-0.3, -0.25) is 0 Å². The summed E-state index contributed by atoms with van der Waals surface area (Å²) in [7, 11) is 0. The minimum absolute atomic E-state index is 0.192. The van der Waals surface area contributed by atoms with Gasteiger partial charge in [-0.15, -0.1) is 11.3 Å². The van der Waals surface area contributed by atoms with Crippen LogP contribution < -0.4 is 5.32 Å². The Labute approximate surface area is 132 Å². The van der Waals surface area contributed by atoms with Crippen LogP contribution in [0.25, 0.3) is 0 Å². The Kier molecular flexibility index (Phi) is 5.35. The second-order valence-corrected chi connectivity index (χ2v) is 7.18. The molecule has 1 N–H and O–H groups in total. The topological polar surface area (TPSA) is 12.0 Å². The molecule has 0 fully saturated rings. The maximum atomic E-state index is 13.5. The fourth-order valence-electron chi connectivity index (χ4n) is 2.26. The first kappa shape index (κ1) is 15.7. The maximum absolute atomic E-state index is 13.5. The predicted octanol–water partition coefficient (Wildman–Crippen LogP) is 5.16. The zero-order valence-electron chi connectivity index (χ0n) is 12.0. The summed E-state index contributed by atoms with van der Waals surface area (Å²) in [4.78, 5) is 2.67. The molecule has 0 bridgehead atoms. The van der Waals surface area contributed by atoms with Gasteiger partial charge in [0.1, 0.15) is 5.82 Å². The van der Waals surface area contributed by atoms with Crippen molar-refractivity contribution in [3.05, 3.63) is 55.4 Å². The number of thiophene rings is 1. The van der Waals surface area contributed by atoms with E-state index in [2.05, 4.69) is 48.1 Å². The number of hydrogen-bond acceptors (Lipinski definition) is 2. The Morgan fingerprint density at radius 3 is 2.55 bits per heavy atom. The molecule has 0 aliphatic rings. The summed E-state index contributed by atoms with van der Waals surface area (Å²) in [5.41, 5.74) is 2.33. The van der Waals surface area contributed by atoms with E-state index < -0.39 is 0 Å². The van der Waals surface area contributed by atoms with Crippen LogP contribution in [0.1, 0.15) is 33.8 Å². The average molecular weight is 356 g/mol. The Morgan fingerprint density at radius 2 is 2.00 bits per heavy atom. The summed E-state index contributed by atoms with van der Waals surface area (Å²) < 4.78 is 14.3. The van der Waals surface area contributed by atoms with Crippen LogP contribution in [0.2, 0.25) is 0 Å². The Bertz CT molecular complexity index is 554. The van der Waals surface area contributed by atoms with Gasteiger partial charge in [0.25, 0.3) is 0 Å². The lowest BCUT2D eigenvalue weighted by Gasteiger charge is -2.17. The number of rotatable bonds is 5. The fourth-order valence-corrected chi connectivity index (χ4v) is 3.89.